The standard InChI is InChI=1S/C16H23N5O/c1-12-10-18-21(11-12)13(2)16(22)20-7-4-14(5-8-20)15-17-6-9-19(15)3/h6,9-11,13-14H,4-5,7-8H2,1-3H3/t13-/m0/s1. The Balaban J connectivity index is 1.61. The van der Waals surface area contributed by atoms with Gasteiger partial charge in [0.15, 0.2) is 0 Å². The SMILES string of the molecule is Cc1cnn([C@@H](C)C(=O)N2CCC(c3nccn3C)CC2)c1. The minimum atomic E-state index is -0.238. The molecule has 0 radical (unpaired) electrons. The number of aryl methyl sites for hydroxylation is 2. The van der Waals surface area contributed by atoms with Crippen molar-refractivity contribution in [2.24, 2.45) is 7.05 Å². The van der Waals surface area contributed by atoms with E-state index in [1.54, 1.807) is 10.9 Å². The third-order valence-electron chi connectivity index (χ3n) is 4.52. The van der Waals surface area contributed by atoms with E-state index in [0.717, 1.165) is 37.3 Å². The quantitative estimate of drug-likeness (QED) is 0.870. The van der Waals surface area contributed by atoms with Crippen LogP contribution in [-0.4, -0.2) is 43.2 Å². The monoisotopic (exact) mass is 301 g/mol. The van der Waals surface area contributed by atoms with Crippen LogP contribution in [0, 0.1) is 6.92 Å². The van der Waals surface area contributed by atoms with Gasteiger partial charge in [-0.1, -0.05) is 0 Å². The first kappa shape index (κ1) is 14.8. The maximum absolute atomic E-state index is 12.6. The summed E-state index contributed by atoms with van der Waals surface area (Å²) in [5, 5.41) is 4.25. The summed E-state index contributed by atoms with van der Waals surface area (Å²) in [6.45, 7) is 5.49. The van der Waals surface area contributed by atoms with Crippen molar-refractivity contribution in [2.45, 2.75) is 38.6 Å². The first-order chi connectivity index (χ1) is 10.6. The molecule has 0 unspecified atom stereocenters. The van der Waals surface area contributed by atoms with Gasteiger partial charge >= 0.3 is 0 Å². The van der Waals surface area contributed by atoms with Crippen molar-refractivity contribution in [3.63, 3.8) is 0 Å². The third-order valence-corrected chi connectivity index (χ3v) is 4.52. The van der Waals surface area contributed by atoms with Crippen LogP contribution in [0.15, 0.2) is 24.8 Å². The lowest BCUT2D eigenvalue weighted by atomic mass is 9.95. The number of imidazole rings is 1. The Morgan fingerprint density at radius 2 is 2.09 bits per heavy atom. The van der Waals surface area contributed by atoms with E-state index in [1.165, 1.54) is 0 Å². The highest BCUT2D eigenvalue weighted by Gasteiger charge is 2.29. The molecule has 1 aliphatic heterocycles. The highest BCUT2D eigenvalue weighted by atomic mass is 16.2. The average Bonchev–Trinajstić information content (AvgIpc) is 3.14. The lowest BCUT2D eigenvalue weighted by Gasteiger charge is -2.33. The van der Waals surface area contributed by atoms with Gasteiger partial charge in [-0.15, -0.1) is 0 Å². The van der Waals surface area contributed by atoms with E-state index in [-0.39, 0.29) is 11.9 Å². The number of carbonyl (C=O) groups excluding carboxylic acids is 1. The van der Waals surface area contributed by atoms with Gasteiger partial charge in [-0.2, -0.15) is 5.10 Å². The van der Waals surface area contributed by atoms with Crippen molar-refractivity contribution >= 4 is 5.91 Å². The van der Waals surface area contributed by atoms with E-state index in [0.29, 0.717) is 5.92 Å². The molecule has 0 saturated carbocycles. The summed E-state index contributed by atoms with van der Waals surface area (Å²) < 4.78 is 3.83. The summed E-state index contributed by atoms with van der Waals surface area (Å²) in [5.41, 5.74) is 1.08. The van der Waals surface area contributed by atoms with Crippen LogP contribution in [0.5, 0.6) is 0 Å². The van der Waals surface area contributed by atoms with E-state index >= 15 is 0 Å². The summed E-state index contributed by atoms with van der Waals surface area (Å²) >= 11 is 0. The summed E-state index contributed by atoms with van der Waals surface area (Å²) in [5.74, 6) is 1.73. The van der Waals surface area contributed by atoms with Crippen molar-refractivity contribution < 1.29 is 4.79 Å². The highest BCUT2D eigenvalue weighted by Crippen LogP contribution is 2.27. The molecule has 22 heavy (non-hydrogen) atoms. The van der Waals surface area contributed by atoms with E-state index in [9.17, 15) is 4.79 Å². The summed E-state index contributed by atoms with van der Waals surface area (Å²) in [4.78, 5) is 19.0. The van der Waals surface area contributed by atoms with Crippen LogP contribution >= 0.6 is 0 Å². The zero-order valence-electron chi connectivity index (χ0n) is 13.4. The zero-order valence-corrected chi connectivity index (χ0v) is 13.4. The number of rotatable bonds is 3. The summed E-state index contributed by atoms with van der Waals surface area (Å²) in [6, 6.07) is -0.238. The van der Waals surface area contributed by atoms with Crippen molar-refractivity contribution in [3.8, 4) is 0 Å². The predicted octanol–water partition coefficient (Wildman–Crippen LogP) is 1.89. The molecule has 1 fully saturated rings. The maximum Gasteiger partial charge on any atom is 0.247 e. The van der Waals surface area contributed by atoms with Gasteiger partial charge in [0, 0.05) is 44.6 Å². The van der Waals surface area contributed by atoms with E-state index in [4.69, 9.17) is 0 Å². The molecule has 3 heterocycles. The Morgan fingerprint density at radius 1 is 1.36 bits per heavy atom. The maximum atomic E-state index is 12.6. The second kappa shape index (κ2) is 5.94. The average molecular weight is 301 g/mol. The second-order valence-corrected chi connectivity index (χ2v) is 6.17. The molecule has 0 aliphatic carbocycles. The lowest BCUT2D eigenvalue weighted by Crippen LogP contribution is -2.41. The van der Waals surface area contributed by atoms with Crippen molar-refractivity contribution in [1.29, 1.82) is 0 Å². The van der Waals surface area contributed by atoms with E-state index in [1.807, 2.05) is 44.4 Å². The van der Waals surface area contributed by atoms with Crippen molar-refractivity contribution in [1.82, 2.24) is 24.2 Å². The van der Waals surface area contributed by atoms with Crippen LogP contribution in [0.1, 0.15) is 43.1 Å². The van der Waals surface area contributed by atoms with Gasteiger partial charge in [-0.05, 0) is 32.3 Å². The van der Waals surface area contributed by atoms with Crippen molar-refractivity contribution in [3.05, 3.63) is 36.2 Å². The van der Waals surface area contributed by atoms with Gasteiger partial charge in [0.05, 0.1) is 6.20 Å². The predicted molar refractivity (Wildman–Crippen MR) is 83.4 cm³/mol. The first-order valence-corrected chi connectivity index (χ1v) is 7.83. The molecular weight excluding hydrogens is 278 g/mol. The number of aromatic nitrogens is 4. The lowest BCUT2D eigenvalue weighted by molar-refractivity contribution is -0.135. The molecule has 6 heteroatoms. The van der Waals surface area contributed by atoms with Crippen LogP contribution in [0.2, 0.25) is 0 Å². The highest BCUT2D eigenvalue weighted by molar-refractivity contribution is 5.80. The molecule has 0 aromatic carbocycles. The number of piperidine rings is 1. The second-order valence-electron chi connectivity index (χ2n) is 6.17. The number of nitrogens with zero attached hydrogens (tertiary/aromatic N) is 5. The summed E-state index contributed by atoms with van der Waals surface area (Å²) in [6.07, 6.45) is 9.48. The number of hydrogen-bond donors (Lipinski definition) is 0. The molecule has 0 N–H and O–H groups in total. The van der Waals surface area contributed by atoms with Gasteiger partial charge in [0.1, 0.15) is 11.9 Å². The molecule has 1 saturated heterocycles. The van der Waals surface area contributed by atoms with Crippen LogP contribution in [0.3, 0.4) is 0 Å². The van der Waals surface area contributed by atoms with E-state index in [2.05, 4.69) is 14.6 Å². The van der Waals surface area contributed by atoms with Gasteiger partial charge in [-0.3, -0.25) is 9.48 Å². The van der Waals surface area contributed by atoms with Gasteiger partial charge in [0.25, 0.3) is 0 Å². The minimum Gasteiger partial charge on any atom is -0.341 e. The molecule has 3 rings (SSSR count). The fourth-order valence-corrected chi connectivity index (χ4v) is 3.15. The van der Waals surface area contributed by atoms with E-state index < -0.39 is 0 Å². The fraction of sp³-hybridized carbons (Fsp3) is 0.562. The van der Waals surface area contributed by atoms with Crippen LogP contribution in [-0.2, 0) is 11.8 Å². The van der Waals surface area contributed by atoms with Gasteiger partial charge in [-0.25, -0.2) is 4.98 Å². The topological polar surface area (TPSA) is 56.0 Å². The Hall–Kier alpha value is -2.11. The molecule has 6 nitrogen and oxygen atoms in total. The molecule has 0 spiro atoms. The molecule has 1 atom stereocenters. The molecule has 1 aliphatic rings. The molecule has 2 aromatic rings. The number of carbonyl (C=O) groups is 1. The van der Waals surface area contributed by atoms with Crippen LogP contribution in [0.25, 0.3) is 0 Å². The smallest absolute Gasteiger partial charge is 0.247 e. The third kappa shape index (κ3) is 2.77. The molecule has 2 aromatic heterocycles. The Bertz CT molecular complexity index is 651. The van der Waals surface area contributed by atoms with Gasteiger partial charge < -0.3 is 9.47 Å². The van der Waals surface area contributed by atoms with Crippen molar-refractivity contribution in [2.75, 3.05) is 13.1 Å². The minimum absolute atomic E-state index is 0.154. The normalized spacial score (nSPS) is 17.7. The number of hydrogen-bond acceptors (Lipinski definition) is 3. The molecule has 1 amide bonds. The zero-order chi connectivity index (χ0) is 15.7. The van der Waals surface area contributed by atoms with Crippen LogP contribution in [0.4, 0.5) is 0 Å². The van der Waals surface area contributed by atoms with Gasteiger partial charge in [0.2, 0.25) is 5.91 Å². The Labute approximate surface area is 130 Å². The Kier molecular flexibility index (Phi) is 4.00. The largest absolute Gasteiger partial charge is 0.341 e. The summed E-state index contributed by atoms with van der Waals surface area (Å²) in [7, 11) is 2.03. The molecule has 0 bridgehead atoms. The molecular formula is C16H23N5O. The molecule has 118 valence electrons. The number of amides is 1. The fourth-order valence-electron chi connectivity index (χ4n) is 3.15. The number of likely N-dealkylation sites (tertiary alicyclic amines) is 1. The Morgan fingerprint density at radius 3 is 2.64 bits per heavy atom. The first-order valence-electron chi connectivity index (χ1n) is 7.83. The van der Waals surface area contributed by atoms with Crippen LogP contribution < -0.4 is 0 Å².